The maximum atomic E-state index is 14.8. The number of rotatable bonds is 6. The van der Waals surface area contributed by atoms with Crippen LogP contribution < -0.4 is 10.2 Å². The number of carbonyl (C=O) groups is 2. The molecule has 2 amide bonds. The van der Waals surface area contributed by atoms with Gasteiger partial charge in [-0.3, -0.25) is 4.79 Å². The molecule has 270 valence electrons. The van der Waals surface area contributed by atoms with Gasteiger partial charge in [-0.25, -0.2) is 14.8 Å². The van der Waals surface area contributed by atoms with Gasteiger partial charge in [-0.1, -0.05) is 18.6 Å². The number of hydrogen-bond donors (Lipinski definition) is 1. The third-order valence-corrected chi connectivity index (χ3v) is 12.1. The number of aromatic nitrogens is 3. The van der Waals surface area contributed by atoms with Crippen molar-refractivity contribution in [3.63, 3.8) is 0 Å². The largest absolute Gasteiger partial charge is 0.444 e. The van der Waals surface area contributed by atoms with Crippen molar-refractivity contribution in [3.8, 4) is 17.3 Å². The first-order chi connectivity index (χ1) is 24.4. The number of likely N-dealkylation sites (tertiary alicyclic amines) is 2. The van der Waals surface area contributed by atoms with Crippen LogP contribution in [-0.2, 0) is 14.9 Å². The van der Waals surface area contributed by atoms with Gasteiger partial charge in [0.15, 0.2) is 5.82 Å². The number of ether oxygens (including phenoxy) is 1. The first-order valence-electron chi connectivity index (χ1n) is 19.2. The van der Waals surface area contributed by atoms with E-state index in [0.29, 0.717) is 32.0 Å². The molecule has 2 aromatic heterocycles. The van der Waals surface area contributed by atoms with Gasteiger partial charge in [0.25, 0.3) is 0 Å². The van der Waals surface area contributed by atoms with E-state index in [9.17, 15) is 14.9 Å². The van der Waals surface area contributed by atoms with E-state index in [0.717, 1.165) is 78.1 Å². The zero-order valence-electron chi connectivity index (χ0n) is 30.8. The molecule has 51 heavy (non-hydrogen) atoms. The molecule has 4 fully saturated rings. The van der Waals surface area contributed by atoms with E-state index in [4.69, 9.17) is 14.7 Å². The Balaban J connectivity index is 1.14. The fourth-order valence-corrected chi connectivity index (χ4v) is 9.08. The van der Waals surface area contributed by atoms with Crippen LogP contribution >= 0.6 is 0 Å². The topological polar surface area (TPSA) is 120 Å². The molecule has 2 saturated heterocycles. The van der Waals surface area contributed by atoms with Gasteiger partial charge in [0.2, 0.25) is 5.91 Å². The molecule has 2 saturated carbocycles. The molecule has 5 aliphatic rings. The second kappa shape index (κ2) is 12.8. The van der Waals surface area contributed by atoms with Crippen molar-refractivity contribution >= 4 is 34.5 Å². The van der Waals surface area contributed by atoms with E-state index in [1.807, 2.05) is 27.1 Å². The predicted octanol–water partition coefficient (Wildman–Crippen LogP) is 7.03. The number of nitriles is 1. The molecular formula is C40H52N8O3. The first kappa shape index (κ1) is 33.9. The van der Waals surface area contributed by atoms with Gasteiger partial charge >= 0.3 is 6.09 Å². The van der Waals surface area contributed by atoms with E-state index < -0.39 is 11.0 Å². The lowest BCUT2D eigenvalue weighted by atomic mass is 9.73. The summed E-state index contributed by atoms with van der Waals surface area (Å²) in [4.78, 5) is 44.4. The summed E-state index contributed by atoms with van der Waals surface area (Å²) < 4.78 is 7.85. The van der Waals surface area contributed by atoms with Gasteiger partial charge in [-0.2, -0.15) is 5.26 Å². The highest BCUT2D eigenvalue weighted by Crippen LogP contribution is 2.52. The minimum Gasteiger partial charge on any atom is -0.444 e. The van der Waals surface area contributed by atoms with Crippen molar-refractivity contribution in [1.29, 1.82) is 5.26 Å². The second-order valence-corrected chi connectivity index (χ2v) is 16.9. The fraction of sp³-hybridized carbons (Fsp3) is 0.625. The number of anilines is 2. The summed E-state index contributed by atoms with van der Waals surface area (Å²) in [5.74, 6) is 1.05. The Kier molecular flexibility index (Phi) is 8.52. The average Bonchev–Trinajstić information content (AvgIpc) is 3.60. The molecule has 0 bridgehead atoms. The Morgan fingerprint density at radius 3 is 2.41 bits per heavy atom. The van der Waals surface area contributed by atoms with E-state index in [1.165, 1.54) is 19.3 Å². The number of benzene rings is 1. The second-order valence-electron chi connectivity index (χ2n) is 16.9. The lowest BCUT2D eigenvalue weighted by Crippen LogP contribution is -2.58. The number of amides is 2. The van der Waals surface area contributed by atoms with Crippen LogP contribution in [0.5, 0.6) is 0 Å². The summed E-state index contributed by atoms with van der Waals surface area (Å²) in [7, 11) is 0. The molecule has 5 heterocycles. The molecule has 3 aromatic rings. The molecule has 0 unspecified atom stereocenters. The summed E-state index contributed by atoms with van der Waals surface area (Å²) >= 11 is 0. The highest BCUT2D eigenvalue weighted by atomic mass is 16.6. The Morgan fingerprint density at radius 1 is 1.02 bits per heavy atom. The monoisotopic (exact) mass is 692 g/mol. The highest BCUT2D eigenvalue weighted by molar-refractivity contribution is 6.09. The highest BCUT2D eigenvalue weighted by Gasteiger charge is 2.56. The third kappa shape index (κ3) is 6.03. The zero-order valence-corrected chi connectivity index (χ0v) is 30.8. The third-order valence-electron chi connectivity index (χ3n) is 12.1. The summed E-state index contributed by atoms with van der Waals surface area (Å²) in [5.41, 5.74) is 4.44. The van der Waals surface area contributed by atoms with Crippen LogP contribution in [0.25, 0.3) is 22.3 Å². The molecule has 0 radical (unpaired) electrons. The fourth-order valence-electron chi connectivity index (χ4n) is 9.08. The van der Waals surface area contributed by atoms with Crippen LogP contribution in [-0.4, -0.2) is 86.2 Å². The van der Waals surface area contributed by atoms with E-state index in [2.05, 4.69) is 63.9 Å². The molecule has 0 atom stereocenters. The number of carbonyl (C=O) groups excluding carboxylic acids is 2. The van der Waals surface area contributed by atoms with Crippen LogP contribution in [0, 0.1) is 17.2 Å². The van der Waals surface area contributed by atoms with Gasteiger partial charge in [0, 0.05) is 48.5 Å². The van der Waals surface area contributed by atoms with Crippen LogP contribution in [0.3, 0.4) is 0 Å². The van der Waals surface area contributed by atoms with Gasteiger partial charge in [-0.05, 0) is 117 Å². The molecule has 2 aliphatic carbocycles. The number of pyridine rings is 1. The standard InChI is InChI=1S/C40H52N8O3/c1-25(2)47-24-42-33-22-32(44-36(35(33)47)43-28-17-26(18-28)23-41)27-9-10-31-34(19-27)48(30-20-29(21-30)45-13-7-6-8-14-45)37(49)40(31)11-15-46(16-12-40)38(50)51-39(3,4)5/h9-10,19,22,24-26,28-30H,6-8,11-18,20-21H2,1-5H3,(H,43,44)/t26-,28-,29-,30+. The number of nitrogens with zero attached hydrogens (tertiary/aromatic N) is 7. The molecular weight excluding hydrogens is 640 g/mol. The average molecular weight is 693 g/mol. The lowest BCUT2D eigenvalue weighted by molar-refractivity contribution is -0.126. The van der Waals surface area contributed by atoms with Crippen molar-refractivity contribution in [3.05, 3.63) is 36.2 Å². The molecule has 1 spiro atoms. The molecule has 8 rings (SSSR count). The molecule has 3 aliphatic heterocycles. The number of imidazole rings is 1. The van der Waals surface area contributed by atoms with Crippen LogP contribution in [0.1, 0.15) is 104 Å². The van der Waals surface area contributed by atoms with E-state index in [1.54, 1.807) is 4.90 Å². The van der Waals surface area contributed by atoms with Crippen molar-refractivity contribution in [2.24, 2.45) is 5.92 Å². The van der Waals surface area contributed by atoms with Gasteiger partial charge in [0.1, 0.15) is 11.1 Å². The minimum atomic E-state index is -0.662. The SMILES string of the molecule is CC(C)n1cnc2cc(-c3ccc4c(c3)N([C@H]3C[C@@H](N5CCCCC5)C3)C(=O)C43CCN(C(=O)OC(C)(C)C)CC3)nc(N[C@H]3C[C@H](C#N)C3)c21. The maximum absolute atomic E-state index is 14.8. The summed E-state index contributed by atoms with van der Waals surface area (Å²) in [5, 5.41) is 13.0. The van der Waals surface area contributed by atoms with Crippen molar-refractivity contribution < 1.29 is 14.3 Å². The quantitative estimate of drug-likeness (QED) is 0.293. The van der Waals surface area contributed by atoms with Crippen LogP contribution in [0.15, 0.2) is 30.6 Å². The predicted molar refractivity (Wildman–Crippen MR) is 198 cm³/mol. The van der Waals surface area contributed by atoms with Gasteiger partial charge < -0.3 is 29.3 Å². The Bertz CT molecular complexity index is 1860. The summed E-state index contributed by atoms with van der Waals surface area (Å²) in [6.45, 7) is 13.2. The Labute approximate surface area is 301 Å². The smallest absolute Gasteiger partial charge is 0.410 e. The normalized spacial score (nSPS) is 26.2. The Morgan fingerprint density at radius 2 is 1.75 bits per heavy atom. The van der Waals surface area contributed by atoms with Crippen LogP contribution in [0.2, 0.25) is 0 Å². The van der Waals surface area contributed by atoms with E-state index in [-0.39, 0.29) is 36.0 Å². The van der Waals surface area contributed by atoms with Crippen molar-refractivity contribution in [2.45, 2.75) is 128 Å². The van der Waals surface area contributed by atoms with Crippen molar-refractivity contribution in [2.75, 3.05) is 36.4 Å². The molecule has 1 N–H and O–H groups in total. The van der Waals surface area contributed by atoms with E-state index >= 15 is 0 Å². The first-order valence-corrected chi connectivity index (χ1v) is 19.2. The van der Waals surface area contributed by atoms with Crippen LogP contribution in [0.4, 0.5) is 16.3 Å². The number of piperidine rings is 2. The maximum Gasteiger partial charge on any atom is 0.410 e. The summed E-state index contributed by atoms with van der Waals surface area (Å²) in [6.07, 6.45) is 10.2. The zero-order chi connectivity index (χ0) is 35.7. The molecule has 1 aromatic carbocycles. The van der Waals surface area contributed by atoms with Gasteiger partial charge in [-0.15, -0.1) is 0 Å². The Hall–Kier alpha value is -4.17. The van der Waals surface area contributed by atoms with Crippen molar-refractivity contribution in [1.82, 2.24) is 24.3 Å². The number of fused-ring (bicyclic) bond motifs is 3. The lowest BCUT2D eigenvalue weighted by Gasteiger charge is -2.48. The molecule has 11 heteroatoms. The van der Waals surface area contributed by atoms with Gasteiger partial charge in [0.05, 0.1) is 34.9 Å². The summed E-state index contributed by atoms with van der Waals surface area (Å²) in [6, 6.07) is 12.0. The number of hydrogen-bond acceptors (Lipinski definition) is 8. The number of nitrogens with one attached hydrogen (secondary N) is 1. The molecule has 11 nitrogen and oxygen atoms in total. The minimum absolute atomic E-state index is 0.0840.